The lowest BCUT2D eigenvalue weighted by molar-refractivity contribution is -0.150. The first-order valence-electron chi connectivity index (χ1n) is 6.37. The number of likely N-dealkylation sites (N-methyl/N-ethyl adjacent to an activating group) is 1. The number of carbonyl (C=O) groups excluding carboxylic acids is 2. The molecule has 1 aromatic rings. The van der Waals surface area contributed by atoms with E-state index >= 15 is 0 Å². The van der Waals surface area contributed by atoms with Crippen molar-refractivity contribution < 1.29 is 14.7 Å². The van der Waals surface area contributed by atoms with Crippen LogP contribution in [0, 0.1) is 11.8 Å². The van der Waals surface area contributed by atoms with Crippen LogP contribution in [-0.4, -0.2) is 53.0 Å². The van der Waals surface area contributed by atoms with Crippen LogP contribution in [0.15, 0.2) is 11.4 Å². The maximum absolute atomic E-state index is 12.0. The third-order valence-electron chi connectivity index (χ3n) is 3.12. The molecule has 1 aromatic heterocycles. The molecular formula is C14H16N2O3S. The number of aliphatic hydroxyl groups is 1. The second kappa shape index (κ2) is 6.55. The van der Waals surface area contributed by atoms with E-state index in [9.17, 15) is 9.59 Å². The Morgan fingerprint density at radius 1 is 1.30 bits per heavy atom. The predicted molar refractivity (Wildman–Crippen MR) is 76.0 cm³/mol. The van der Waals surface area contributed by atoms with Crippen LogP contribution in [-0.2, 0) is 16.1 Å². The molecule has 1 fully saturated rings. The van der Waals surface area contributed by atoms with E-state index in [4.69, 9.17) is 5.11 Å². The lowest BCUT2D eigenvalue weighted by Crippen LogP contribution is -2.53. The monoisotopic (exact) mass is 292 g/mol. The quantitative estimate of drug-likeness (QED) is 0.814. The molecule has 20 heavy (non-hydrogen) atoms. The molecule has 1 aliphatic heterocycles. The van der Waals surface area contributed by atoms with Crippen molar-refractivity contribution in [1.29, 1.82) is 0 Å². The maximum Gasteiger partial charge on any atom is 0.242 e. The molecule has 0 aliphatic carbocycles. The first-order valence-corrected chi connectivity index (χ1v) is 7.25. The minimum atomic E-state index is -0.193. The fourth-order valence-corrected chi connectivity index (χ4v) is 2.86. The molecule has 6 heteroatoms. The van der Waals surface area contributed by atoms with Gasteiger partial charge in [0.05, 0.1) is 13.1 Å². The Hall–Kier alpha value is -1.84. The average Bonchev–Trinajstić information content (AvgIpc) is 2.87. The third-order valence-corrected chi connectivity index (χ3v) is 4.03. The summed E-state index contributed by atoms with van der Waals surface area (Å²) in [6, 6.07) is 1.86. The Morgan fingerprint density at radius 2 is 2.00 bits per heavy atom. The molecule has 5 nitrogen and oxygen atoms in total. The molecule has 0 radical (unpaired) electrons. The van der Waals surface area contributed by atoms with Crippen molar-refractivity contribution in [2.24, 2.45) is 0 Å². The van der Waals surface area contributed by atoms with Crippen LogP contribution in [0.1, 0.15) is 17.4 Å². The maximum atomic E-state index is 12.0. The van der Waals surface area contributed by atoms with Crippen molar-refractivity contribution in [3.8, 4) is 11.8 Å². The topological polar surface area (TPSA) is 60.9 Å². The van der Waals surface area contributed by atoms with Gasteiger partial charge >= 0.3 is 0 Å². The summed E-state index contributed by atoms with van der Waals surface area (Å²) in [6.45, 7) is 2.90. The number of thiophene rings is 1. The molecule has 2 amide bonds. The minimum absolute atomic E-state index is 0.0216. The van der Waals surface area contributed by atoms with Gasteiger partial charge in [-0.3, -0.25) is 9.59 Å². The zero-order valence-corrected chi connectivity index (χ0v) is 12.1. The zero-order chi connectivity index (χ0) is 14.5. The van der Waals surface area contributed by atoms with Crippen molar-refractivity contribution in [1.82, 2.24) is 9.80 Å². The molecule has 0 unspecified atom stereocenters. The molecule has 0 saturated carbocycles. The van der Waals surface area contributed by atoms with E-state index in [0.29, 0.717) is 13.1 Å². The summed E-state index contributed by atoms with van der Waals surface area (Å²) in [5, 5.41) is 10.6. The first kappa shape index (κ1) is 14.6. The van der Waals surface area contributed by atoms with Gasteiger partial charge < -0.3 is 14.9 Å². The largest absolute Gasteiger partial charge is 0.384 e. The second-order valence-electron chi connectivity index (χ2n) is 4.38. The van der Waals surface area contributed by atoms with Gasteiger partial charge in [0, 0.05) is 17.0 Å². The van der Waals surface area contributed by atoms with E-state index in [2.05, 4.69) is 11.8 Å². The fourth-order valence-electron chi connectivity index (χ4n) is 2.02. The summed E-state index contributed by atoms with van der Waals surface area (Å²) < 4.78 is 0. The molecule has 1 N–H and O–H groups in total. The second-order valence-corrected chi connectivity index (χ2v) is 5.38. The third kappa shape index (κ3) is 3.18. The van der Waals surface area contributed by atoms with Gasteiger partial charge in [-0.05, 0) is 18.4 Å². The van der Waals surface area contributed by atoms with Gasteiger partial charge in [0.1, 0.15) is 13.2 Å². The van der Waals surface area contributed by atoms with Crippen LogP contribution < -0.4 is 0 Å². The highest BCUT2D eigenvalue weighted by molar-refractivity contribution is 7.10. The lowest BCUT2D eigenvalue weighted by atomic mass is 10.2. The van der Waals surface area contributed by atoms with E-state index < -0.39 is 0 Å². The smallest absolute Gasteiger partial charge is 0.242 e. The molecule has 2 rings (SSSR count). The number of aliphatic hydroxyl groups excluding tert-OH is 1. The van der Waals surface area contributed by atoms with Crippen molar-refractivity contribution in [3.05, 3.63) is 21.9 Å². The minimum Gasteiger partial charge on any atom is -0.384 e. The average molecular weight is 292 g/mol. The zero-order valence-electron chi connectivity index (χ0n) is 11.3. The van der Waals surface area contributed by atoms with Gasteiger partial charge in [0.2, 0.25) is 11.8 Å². The molecule has 106 valence electrons. The summed E-state index contributed by atoms with van der Waals surface area (Å²) in [7, 11) is 0. The molecule has 0 atom stereocenters. The summed E-state index contributed by atoms with van der Waals surface area (Å²) in [5.74, 6) is 5.39. The number of amides is 2. The number of rotatable bonds is 3. The highest BCUT2D eigenvalue weighted by Crippen LogP contribution is 2.19. The Morgan fingerprint density at radius 3 is 2.70 bits per heavy atom. The number of carbonyl (C=O) groups is 2. The van der Waals surface area contributed by atoms with E-state index in [1.807, 2.05) is 18.4 Å². The van der Waals surface area contributed by atoms with E-state index in [0.717, 1.165) is 10.4 Å². The summed E-state index contributed by atoms with van der Waals surface area (Å²) in [4.78, 5) is 27.9. The van der Waals surface area contributed by atoms with Crippen molar-refractivity contribution in [3.63, 3.8) is 0 Å². The van der Waals surface area contributed by atoms with Crippen LogP contribution in [0.25, 0.3) is 0 Å². The van der Waals surface area contributed by atoms with Gasteiger partial charge in [-0.15, -0.1) is 11.3 Å². The molecular weight excluding hydrogens is 276 g/mol. The van der Waals surface area contributed by atoms with Crippen molar-refractivity contribution in [2.75, 3.05) is 26.2 Å². The predicted octanol–water partition coefficient (Wildman–Crippen LogP) is 0.283. The lowest BCUT2D eigenvalue weighted by Gasteiger charge is -2.33. The molecule has 0 spiro atoms. The van der Waals surface area contributed by atoms with Gasteiger partial charge in [0.15, 0.2) is 0 Å². The Balaban J connectivity index is 2.09. The van der Waals surface area contributed by atoms with Gasteiger partial charge in [-0.25, -0.2) is 0 Å². The number of piperazine rings is 1. The fraction of sp³-hybridized carbons (Fsp3) is 0.429. The van der Waals surface area contributed by atoms with Crippen LogP contribution in [0.5, 0.6) is 0 Å². The molecule has 1 saturated heterocycles. The highest BCUT2D eigenvalue weighted by atomic mass is 32.1. The Kier molecular flexibility index (Phi) is 4.77. The molecule has 0 bridgehead atoms. The van der Waals surface area contributed by atoms with Crippen molar-refractivity contribution in [2.45, 2.75) is 13.5 Å². The molecule has 0 aromatic carbocycles. The normalized spacial score (nSPS) is 15.3. The number of nitrogens with zero attached hydrogens (tertiary/aromatic N) is 2. The van der Waals surface area contributed by atoms with Gasteiger partial charge in [-0.1, -0.05) is 11.8 Å². The number of hydrogen-bond donors (Lipinski definition) is 1. The van der Waals surface area contributed by atoms with Crippen LogP contribution >= 0.6 is 11.3 Å². The summed E-state index contributed by atoms with van der Waals surface area (Å²) in [6.07, 6.45) is 0. The van der Waals surface area contributed by atoms with E-state index in [-0.39, 0.29) is 31.5 Å². The van der Waals surface area contributed by atoms with Crippen molar-refractivity contribution >= 4 is 23.2 Å². The first-order chi connectivity index (χ1) is 9.65. The Labute approximate surface area is 121 Å². The SMILES string of the molecule is CCN1CC(=O)N(Cc2sccc2C#CCO)CC1=O. The van der Waals surface area contributed by atoms with Crippen LogP contribution in [0.4, 0.5) is 0 Å². The van der Waals surface area contributed by atoms with E-state index in [1.54, 1.807) is 9.80 Å². The molecule has 2 heterocycles. The highest BCUT2D eigenvalue weighted by Gasteiger charge is 2.29. The van der Waals surface area contributed by atoms with Crippen LogP contribution in [0.3, 0.4) is 0 Å². The summed E-state index contributed by atoms with van der Waals surface area (Å²) >= 11 is 1.50. The summed E-state index contributed by atoms with van der Waals surface area (Å²) in [5.41, 5.74) is 0.808. The van der Waals surface area contributed by atoms with Gasteiger partial charge in [-0.2, -0.15) is 0 Å². The van der Waals surface area contributed by atoms with E-state index in [1.165, 1.54) is 11.3 Å². The standard InChI is InChI=1S/C14H16N2O3S/c1-2-15-9-14(19)16(10-13(15)18)8-12-11(4-3-6-17)5-7-20-12/h5,7,17H,2,6,8-10H2,1H3. The molecule has 1 aliphatic rings. The van der Waals surface area contributed by atoms with Gasteiger partial charge in [0.25, 0.3) is 0 Å². The van der Waals surface area contributed by atoms with Crippen LogP contribution in [0.2, 0.25) is 0 Å². The Bertz CT molecular complexity index is 570. The number of hydrogen-bond acceptors (Lipinski definition) is 4.